The predicted octanol–water partition coefficient (Wildman–Crippen LogP) is 2.26. The summed E-state index contributed by atoms with van der Waals surface area (Å²) < 4.78 is 0. The molecule has 0 bridgehead atoms. The zero-order chi connectivity index (χ0) is 18.4. The molecular formula is C20H25N5O. The third-order valence-corrected chi connectivity index (χ3v) is 4.77. The van der Waals surface area contributed by atoms with Crippen molar-refractivity contribution in [2.75, 3.05) is 25.0 Å². The summed E-state index contributed by atoms with van der Waals surface area (Å²) >= 11 is 0. The van der Waals surface area contributed by atoms with Gasteiger partial charge in [-0.15, -0.1) is 0 Å². The monoisotopic (exact) mass is 351 g/mol. The van der Waals surface area contributed by atoms with Crippen molar-refractivity contribution < 1.29 is 5.11 Å². The first-order valence-electron chi connectivity index (χ1n) is 8.85. The van der Waals surface area contributed by atoms with Crippen LogP contribution in [0, 0.1) is 5.41 Å². The maximum absolute atomic E-state index is 10.9. The summed E-state index contributed by atoms with van der Waals surface area (Å²) in [6, 6.07) is 10.1. The van der Waals surface area contributed by atoms with Crippen LogP contribution in [0.5, 0.6) is 0 Å². The fourth-order valence-corrected chi connectivity index (χ4v) is 3.30. The molecule has 1 fully saturated rings. The largest absolute Gasteiger partial charge is 0.393 e. The molecule has 0 radical (unpaired) electrons. The smallest absolute Gasteiger partial charge is 0.147 e. The van der Waals surface area contributed by atoms with Gasteiger partial charge >= 0.3 is 0 Å². The molecule has 1 aromatic carbocycles. The average molecular weight is 351 g/mol. The van der Waals surface area contributed by atoms with Gasteiger partial charge in [-0.1, -0.05) is 30.3 Å². The Hall–Kier alpha value is -2.73. The van der Waals surface area contributed by atoms with E-state index in [2.05, 4.69) is 32.3 Å². The molecular weight excluding hydrogens is 326 g/mol. The summed E-state index contributed by atoms with van der Waals surface area (Å²) in [6.45, 7) is 1.47. The van der Waals surface area contributed by atoms with Crippen molar-refractivity contribution in [1.29, 1.82) is 5.41 Å². The fraction of sp³-hybridized carbons (Fsp3) is 0.350. The number of anilines is 1. The van der Waals surface area contributed by atoms with Crippen molar-refractivity contribution in [3.63, 3.8) is 0 Å². The molecule has 6 nitrogen and oxygen atoms in total. The number of rotatable bonds is 6. The lowest BCUT2D eigenvalue weighted by molar-refractivity contribution is 0.0164. The molecule has 0 unspecified atom stereocenters. The van der Waals surface area contributed by atoms with E-state index in [4.69, 9.17) is 5.41 Å². The van der Waals surface area contributed by atoms with Crippen LogP contribution < -0.4 is 10.2 Å². The third kappa shape index (κ3) is 4.26. The Morgan fingerprint density at radius 3 is 2.65 bits per heavy atom. The van der Waals surface area contributed by atoms with E-state index in [-0.39, 0.29) is 0 Å². The molecule has 2 aromatic rings. The first kappa shape index (κ1) is 18.1. The number of aliphatic hydroxyl groups is 1. The van der Waals surface area contributed by atoms with E-state index in [0.29, 0.717) is 30.5 Å². The number of hydrogen-bond donors (Lipinski definition) is 3. The van der Waals surface area contributed by atoms with Gasteiger partial charge in [-0.25, -0.2) is 4.98 Å². The van der Waals surface area contributed by atoms with E-state index in [1.165, 1.54) is 6.21 Å². The summed E-state index contributed by atoms with van der Waals surface area (Å²) in [5.74, 6) is 0.785. The lowest BCUT2D eigenvalue weighted by Crippen LogP contribution is -2.46. The summed E-state index contributed by atoms with van der Waals surface area (Å²) in [5, 5.41) is 21.4. The second-order valence-electron chi connectivity index (χ2n) is 6.67. The van der Waals surface area contributed by atoms with Crippen molar-refractivity contribution in [2.45, 2.75) is 24.9 Å². The van der Waals surface area contributed by atoms with E-state index < -0.39 is 5.60 Å². The van der Waals surface area contributed by atoms with Crippen LogP contribution in [0.1, 0.15) is 24.1 Å². The van der Waals surface area contributed by atoms with Crippen molar-refractivity contribution >= 4 is 17.6 Å². The van der Waals surface area contributed by atoms with Gasteiger partial charge < -0.3 is 20.7 Å². The molecule has 1 aromatic heterocycles. The first-order chi connectivity index (χ1) is 12.6. The average Bonchev–Trinajstić information content (AvgIpc) is 2.67. The van der Waals surface area contributed by atoms with Crippen LogP contribution in [-0.2, 0) is 6.42 Å². The van der Waals surface area contributed by atoms with Crippen molar-refractivity contribution in [3.05, 3.63) is 60.2 Å². The van der Waals surface area contributed by atoms with E-state index in [0.717, 1.165) is 24.5 Å². The molecule has 2 heterocycles. The van der Waals surface area contributed by atoms with Gasteiger partial charge in [0.2, 0.25) is 0 Å². The second kappa shape index (κ2) is 8.10. The third-order valence-electron chi connectivity index (χ3n) is 4.77. The van der Waals surface area contributed by atoms with Crippen LogP contribution in [-0.4, -0.2) is 47.0 Å². The number of hydrogen-bond acceptors (Lipinski definition) is 6. The highest BCUT2D eigenvalue weighted by Gasteiger charge is 2.33. The number of piperidine rings is 1. The van der Waals surface area contributed by atoms with Crippen LogP contribution in [0.2, 0.25) is 0 Å². The van der Waals surface area contributed by atoms with Gasteiger partial charge in [-0.05, 0) is 18.4 Å². The number of aromatic nitrogens is 2. The van der Waals surface area contributed by atoms with Crippen LogP contribution in [0.25, 0.3) is 5.57 Å². The zero-order valence-corrected chi connectivity index (χ0v) is 15.0. The predicted molar refractivity (Wildman–Crippen MR) is 104 cm³/mol. The highest BCUT2D eigenvalue weighted by molar-refractivity contribution is 6.07. The summed E-state index contributed by atoms with van der Waals surface area (Å²) in [6.07, 6.45) is 8.46. The van der Waals surface area contributed by atoms with E-state index in [1.54, 1.807) is 25.6 Å². The van der Waals surface area contributed by atoms with Crippen molar-refractivity contribution in [1.82, 2.24) is 15.3 Å². The van der Waals surface area contributed by atoms with Crippen LogP contribution in [0.15, 0.2) is 48.9 Å². The minimum Gasteiger partial charge on any atom is -0.393 e. The molecule has 0 atom stereocenters. The molecule has 26 heavy (non-hydrogen) atoms. The Labute approximate surface area is 154 Å². The maximum atomic E-state index is 10.9. The topological polar surface area (TPSA) is 85.1 Å². The van der Waals surface area contributed by atoms with E-state index >= 15 is 0 Å². The van der Waals surface area contributed by atoms with Crippen LogP contribution in [0.4, 0.5) is 5.82 Å². The van der Waals surface area contributed by atoms with Gasteiger partial charge in [0.05, 0.1) is 23.7 Å². The van der Waals surface area contributed by atoms with Gasteiger partial charge in [0.15, 0.2) is 0 Å². The van der Waals surface area contributed by atoms with Crippen molar-refractivity contribution in [2.24, 2.45) is 0 Å². The van der Waals surface area contributed by atoms with Gasteiger partial charge in [-0.3, -0.25) is 4.98 Å². The molecule has 1 aliphatic heterocycles. The Bertz CT molecular complexity index is 767. The first-order valence-corrected chi connectivity index (χ1v) is 8.85. The lowest BCUT2D eigenvalue weighted by atomic mass is 9.85. The van der Waals surface area contributed by atoms with E-state index in [1.807, 2.05) is 18.2 Å². The summed E-state index contributed by atoms with van der Waals surface area (Å²) in [5.41, 5.74) is 1.84. The Balaban J connectivity index is 1.68. The number of allylic oxidation sites excluding steroid dienone is 1. The molecule has 0 saturated carbocycles. The molecule has 0 spiro atoms. The molecule has 3 rings (SSSR count). The molecule has 6 heteroatoms. The SMILES string of the molecule is CN/C=C(\C=N)c1cncc(N2CCC(O)(Cc3ccccc3)CC2)n1. The normalized spacial score (nSPS) is 17.0. The quantitative estimate of drug-likeness (QED) is 0.695. The van der Waals surface area contributed by atoms with E-state index in [9.17, 15) is 5.11 Å². The molecule has 3 N–H and O–H groups in total. The molecule has 1 aliphatic rings. The molecule has 0 aliphatic carbocycles. The molecule has 136 valence electrons. The van der Waals surface area contributed by atoms with Crippen molar-refractivity contribution in [3.8, 4) is 0 Å². The molecule has 1 saturated heterocycles. The summed E-state index contributed by atoms with van der Waals surface area (Å²) in [7, 11) is 1.79. The van der Waals surface area contributed by atoms with Gasteiger partial charge in [-0.2, -0.15) is 0 Å². The number of nitrogens with zero attached hydrogens (tertiary/aromatic N) is 3. The molecule has 0 amide bonds. The summed E-state index contributed by atoms with van der Waals surface area (Å²) in [4.78, 5) is 11.1. The maximum Gasteiger partial charge on any atom is 0.147 e. The van der Waals surface area contributed by atoms with Crippen LogP contribution in [0.3, 0.4) is 0 Å². The number of nitrogens with one attached hydrogen (secondary N) is 2. The minimum absolute atomic E-state index is 0.664. The highest BCUT2D eigenvalue weighted by atomic mass is 16.3. The van der Waals surface area contributed by atoms with Crippen LogP contribution >= 0.6 is 0 Å². The minimum atomic E-state index is -0.672. The van der Waals surface area contributed by atoms with Gasteiger partial charge in [0.25, 0.3) is 0 Å². The second-order valence-corrected chi connectivity index (χ2v) is 6.67. The Kier molecular flexibility index (Phi) is 5.63. The number of benzene rings is 1. The standard InChI is InChI=1S/C20H25N5O/c1-22-13-17(12-21)18-14-23-15-19(24-18)25-9-7-20(26,8-10-25)11-16-5-3-2-4-6-16/h2-6,12-15,21-22,26H,7-11H2,1H3/b17-13+,21-12?. The lowest BCUT2D eigenvalue weighted by Gasteiger charge is -2.38. The Morgan fingerprint density at radius 1 is 1.27 bits per heavy atom. The van der Waals surface area contributed by atoms with Gasteiger partial charge in [0.1, 0.15) is 5.82 Å². The highest BCUT2D eigenvalue weighted by Crippen LogP contribution is 2.28. The fourth-order valence-electron chi connectivity index (χ4n) is 3.30. The Morgan fingerprint density at radius 2 is 2.00 bits per heavy atom. The zero-order valence-electron chi connectivity index (χ0n) is 15.0. The van der Waals surface area contributed by atoms with Gasteiger partial charge in [0, 0.05) is 44.5 Å².